The van der Waals surface area contributed by atoms with E-state index in [1.54, 1.807) is 0 Å². The largest absolute Gasteiger partial charge is 0.392 e. The Balaban J connectivity index is 3.03. The van der Waals surface area contributed by atoms with E-state index in [4.69, 9.17) is 11.6 Å². The van der Waals surface area contributed by atoms with Crippen LogP contribution in [0.1, 0.15) is 32.1 Å². The molecular weight excluding hydrogens is 276 g/mol. The van der Waals surface area contributed by atoms with E-state index in [9.17, 15) is 5.11 Å². The van der Waals surface area contributed by atoms with Crippen molar-refractivity contribution in [1.29, 1.82) is 0 Å². The molecule has 1 saturated carbocycles. The zero-order chi connectivity index (χ0) is 14.2. The quantitative estimate of drug-likeness (QED) is 0.591. The lowest BCUT2D eigenvalue weighted by molar-refractivity contribution is 0.0831. The molecule has 0 bridgehead atoms. The standard InChI is InChI=1S/C14H31ClOSi2/c1-17(2,3)14(15,18(4,5)6)13(16)12-10-8-7-9-11-12/h12-13,16H,7-11H2,1-6H3. The number of halogens is 1. The number of hydrogen-bond donors (Lipinski definition) is 1. The summed E-state index contributed by atoms with van der Waals surface area (Å²) in [6.45, 7) is 13.9. The Bertz CT molecular complexity index is 260. The monoisotopic (exact) mass is 306 g/mol. The number of aliphatic hydroxyl groups is 1. The normalized spacial score (nSPS) is 22.0. The fourth-order valence-electron chi connectivity index (χ4n) is 3.79. The van der Waals surface area contributed by atoms with Crippen LogP contribution in [0, 0.1) is 5.92 Å². The molecule has 108 valence electrons. The molecule has 1 unspecified atom stereocenters. The summed E-state index contributed by atoms with van der Waals surface area (Å²) in [7, 11) is -3.23. The second-order valence-electron chi connectivity index (χ2n) is 8.05. The molecule has 0 heterocycles. The minimum absolute atomic E-state index is 0.294. The average Bonchev–Trinajstić information content (AvgIpc) is 2.25. The van der Waals surface area contributed by atoms with Crippen molar-refractivity contribution in [1.82, 2.24) is 0 Å². The molecular formula is C14H31ClOSi2. The van der Waals surface area contributed by atoms with Crippen LogP contribution in [0.5, 0.6) is 0 Å². The molecule has 1 aliphatic carbocycles. The highest BCUT2D eigenvalue weighted by molar-refractivity contribution is 7.06. The lowest BCUT2D eigenvalue weighted by atomic mass is 9.86. The minimum Gasteiger partial charge on any atom is -0.392 e. The summed E-state index contributed by atoms with van der Waals surface area (Å²) in [6, 6.07) is 0. The summed E-state index contributed by atoms with van der Waals surface area (Å²) in [4.78, 5) is 0. The zero-order valence-electron chi connectivity index (χ0n) is 13.0. The molecule has 0 aromatic rings. The van der Waals surface area contributed by atoms with Gasteiger partial charge in [0.15, 0.2) is 0 Å². The van der Waals surface area contributed by atoms with E-state index in [-0.39, 0.29) is 10.2 Å². The maximum Gasteiger partial charge on any atom is 0.0707 e. The molecule has 1 aliphatic rings. The van der Waals surface area contributed by atoms with Gasteiger partial charge in [-0.1, -0.05) is 58.5 Å². The molecule has 0 spiro atoms. The molecule has 1 atom stereocenters. The van der Waals surface area contributed by atoms with Crippen molar-refractivity contribution in [3.63, 3.8) is 0 Å². The molecule has 1 rings (SSSR count). The van der Waals surface area contributed by atoms with Crippen LogP contribution in [0.25, 0.3) is 0 Å². The smallest absolute Gasteiger partial charge is 0.0707 e. The Morgan fingerprint density at radius 1 is 0.944 bits per heavy atom. The highest BCUT2D eigenvalue weighted by atomic mass is 35.5. The molecule has 0 aromatic carbocycles. The van der Waals surface area contributed by atoms with E-state index in [1.807, 2.05) is 0 Å². The highest BCUT2D eigenvalue weighted by Gasteiger charge is 2.57. The molecule has 0 saturated heterocycles. The van der Waals surface area contributed by atoms with Crippen LogP contribution in [0.3, 0.4) is 0 Å². The molecule has 18 heavy (non-hydrogen) atoms. The third kappa shape index (κ3) is 3.05. The SMILES string of the molecule is C[Si](C)(C)C(Cl)(C(O)C1CCCCC1)[Si](C)(C)C. The van der Waals surface area contributed by atoms with Gasteiger partial charge in [-0.15, -0.1) is 11.6 Å². The Kier molecular flexibility index (Phi) is 5.19. The van der Waals surface area contributed by atoms with Crippen molar-refractivity contribution in [2.24, 2.45) is 5.92 Å². The lowest BCUT2D eigenvalue weighted by Crippen LogP contribution is -2.70. The van der Waals surface area contributed by atoms with Gasteiger partial charge in [0.2, 0.25) is 0 Å². The second kappa shape index (κ2) is 5.59. The Labute approximate surface area is 120 Å². The maximum absolute atomic E-state index is 11.0. The summed E-state index contributed by atoms with van der Waals surface area (Å²) in [6.07, 6.45) is 5.92. The molecule has 1 N–H and O–H groups in total. The Hall–Kier alpha value is 0.684. The second-order valence-corrected chi connectivity index (χ2v) is 20.4. The fourth-order valence-corrected chi connectivity index (χ4v) is 15.2. The first-order valence-corrected chi connectivity index (χ1v) is 14.8. The number of alkyl halides is 1. The predicted octanol–water partition coefficient (Wildman–Crippen LogP) is 4.66. The third-order valence-corrected chi connectivity index (χ3v) is 17.8. The van der Waals surface area contributed by atoms with Crippen molar-refractivity contribution in [3.8, 4) is 0 Å². The molecule has 0 aromatic heterocycles. The van der Waals surface area contributed by atoms with Gasteiger partial charge in [-0.05, 0) is 18.8 Å². The van der Waals surface area contributed by atoms with Gasteiger partial charge in [0.25, 0.3) is 0 Å². The van der Waals surface area contributed by atoms with Crippen LogP contribution in [0.15, 0.2) is 0 Å². The van der Waals surface area contributed by atoms with Gasteiger partial charge in [0, 0.05) is 0 Å². The number of aliphatic hydroxyl groups excluding tert-OH is 1. The van der Waals surface area contributed by atoms with Gasteiger partial charge in [0.1, 0.15) is 0 Å². The van der Waals surface area contributed by atoms with Crippen LogP contribution in [0.4, 0.5) is 0 Å². The highest BCUT2D eigenvalue weighted by Crippen LogP contribution is 2.45. The molecule has 4 heteroatoms. The van der Waals surface area contributed by atoms with Gasteiger partial charge in [-0.3, -0.25) is 0 Å². The number of rotatable bonds is 4. The van der Waals surface area contributed by atoms with Crippen molar-refractivity contribution in [2.45, 2.75) is 81.6 Å². The molecule has 0 aliphatic heterocycles. The summed E-state index contributed by atoms with van der Waals surface area (Å²) in [5, 5.41) is 11.0. The average molecular weight is 307 g/mol. The van der Waals surface area contributed by atoms with Crippen molar-refractivity contribution in [3.05, 3.63) is 0 Å². The van der Waals surface area contributed by atoms with Gasteiger partial charge in [-0.25, -0.2) is 0 Å². The topological polar surface area (TPSA) is 20.2 Å². The van der Waals surface area contributed by atoms with Crippen LogP contribution in [-0.2, 0) is 0 Å². The summed E-state index contributed by atoms with van der Waals surface area (Å²) in [5.41, 5.74) is 0. The molecule has 1 fully saturated rings. The minimum atomic E-state index is -1.62. The predicted molar refractivity (Wildman–Crippen MR) is 87.9 cm³/mol. The lowest BCUT2D eigenvalue weighted by Gasteiger charge is -2.52. The van der Waals surface area contributed by atoms with Crippen molar-refractivity contribution < 1.29 is 5.11 Å². The maximum atomic E-state index is 11.0. The van der Waals surface area contributed by atoms with Crippen LogP contribution in [0.2, 0.25) is 39.3 Å². The number of hydrogen-bond acceptors (Lipinski definition) is 1. The van der Waals surface area contributed by atoms with E-state index in [2.05, 4.69) is 39.3 Å². The Morgan fingerprint density at radius 2 is 1.33 bits per heavy atom. The summed E-state index contributed by atoms with van der Waals surface area (Å²) in [5.74, 6) is 0.440. The van der Waals surface area contributed by atoms with Gasteiger partial charge in [-0.2, -0.15) is 0 Å². The van der Waals surface area contributed by atoms with Gasteiger partial charge < -0.3 is 5.11 Å². The van der Waals surface area contributed by atoms with Gasteiger partial charge in [0.05, 0.1) is 26.4 Å². The van der Waals surface area contributed by atoms with Gasteiger partial charge >= 0.3 is 0 Å². The first kappa shape index (κ1) is 16.7. The third-order valence-electron chi connectivity index (χ3n) is 4.69. The van der Waals surface area contributed by atoms with Crippen molar-refractivity contribution >= 4 is 27.7 Å². The van der Waals surface area contributed by atoms with Crippen molar-refractivity contribution in [2.75, 3.05) is 0 Å². The zero-order valence-corrected chi connectivity index (χ0v) is 15.8. The van der Waals surface area contributed by atoms with Crippen LogP contribution < -0.4 is 0 Å². The Morgan fingerprint density at radius 3 is 1.67 bits per heavy atom. The summed E-state index contributed by atoms with van der Waals surface area (Å²) >= 11 is 7.15. The molecule has 0 radical (unpaired) electrons. The van der Waals surface area contributed by atoms with E-state index in [1.165, 1.54) is 32.1 Å². The van der Waals surface area contributed by atoms with Crippen LogP contribution >= 0.6 is 11.6 Å². The van der Waals surface area contributed by atoms with Crippen LogP contribution in [-0.4, -0.2) is 31.5 Å². The first-order valence-electron chi connectivity index (χ1n) is 7.39. The van der Waals surface area contributed by atoms with E-state index >= 15 is 0 Å². The van der Waals surface area contributed by atoms with E-state index in [0.29, 0.717) is 5.92 Å². The van der Waals surface area contributed by atoms with E-state index < -0.39 is 16.1 Å². The molecule has 0 amide bonds. The summed E-state index contributed by atoms with van der Waals surface area (Å²) < 4.78 is -0.304. The molecule has 1 nitrogen and oxygen atoms in total. The van der Waals surface area contributed by atoms with E-state index in [0.717, 1.165) is 0 Å². The first-order chi connectivity index (χ1) is 8.02. The fraction of sp³-hybridized carbons (Fsp3) is 1.00.